The maximum absolute atomic E-state index is 13.1. The summed E-state index contributed by atoms with van der Waals surface area (Å²) in [6.07, 6.45) is 4.21. The lowest BCUT2D eigenvalue weighted by molar-refractivity contribution is 0.179. The lowest BCUT2D eigenvalue weighted by atomic mass is 9.69. The molecule has 5 heteroatoms. The van der Waals surface area contributed by atoms with E-state index in [1.165, 1.54) is 5.56 Å². The number of hydrogen-bond acceptors (Lipinski definition) is 3. The van der Waals surface area contributed by atoms with E-state index in [1.807, 2.05) is 39.0 Å². The van der Waals surface area contributed by atoms with E-state index in [0.29, 0.717) is 16.5 Å². The summed E-state index contributed by atoms with van der Waals surface area (Å²) in [6.45, 7) is 12.7. The van der Waals surface area contributed by atoms with Crippen LogP contribution in [0.5, 0.6) is 0 Å². The van der Waals surface area contributed by atoms with Crippen molar-refractivity contribution in [2.45, 2.75) is 72.1 Å². The van der Waals surface area contributed by atoms with Gasteiger partial charge in [0.1, 0.15) is 11.3 Å². The monoisotopic (exact) mass is 439 g/mol. The lowest BCUT2D eigenvalue weighted by Gasteiger charge is -2.36. The quantitative estimate of drug-likeness (QED) is 0.481. The van der Waals surface area contributed by atoms with E-state index in [2.05, 4.69) is 25.5 Å². The molecule has 4 nitrogen and oxygen atoms in total. The maximum atomic E-state index is 13.1. The van der Waals surface area contributed by atoms with Gasteiger partial charge in [0, 0.05) is 23.1 Å². The van der Waals surface area contributed by atoms with Crippen molar-refractivity contribution in [3.05, 3.63) is 58.3 Å². The average Bonchev–Trinajstić information content (AvgIpc) is 3.07. The standard InChI is InChI=1S/C26H33NO3S/c1-7-26(5,6)19-8-10-23-21(14-19)22-15-20(9-11-24(22)30-23)27-31(28,29)25-13-17(3)16(2)12-18(25)4/h9,11-13,15,19,27H,7-8,10,14H2,1-6H3. The Morgan fingerprint density at radius 2 is 1.77 bits per heavy atom. The predicted octanol–water partition coefficient (Wildman–Crippen LogP) is 6.70. The molecule has 2 aromatic carbocycles. The van der Waals surface area contributed by atoms with Crippen molar-refractivity contribution in [1.82, 2.24) is 0 Å². The Labute approximate surface area is 186 Å². The van der Waals surface area contributed by atoms with Crippen LogP contribution in [0, 0.1) is 32.1 Å². The van der Waals surface area contributed by atoms with Crippen molar-refractivity contribution in [1.29, 1.82) is 0 Å². The van der Waals surface area contributed by atoms with Crippen LogP contribution in [-0.2, 0) is 22.9 Å². The van der Waals surface area contributed by atoms with E-state index < -0.39 is 10.0 Å². The zero-order valence-corrected chi connectivity index (χ0v) is 20.2. The molecular formula is C26H33NO3S. The number of benzene rings is 2. The van der Waals surface area contributed by atoms with Gasteiger partial charge in [0.05, 0.1) is 4.90 Å². The van der Waals surface area contributed by atoms with Crippen molar-refractivity contribution in [2.24, 2.45) is 11.3 Å². The summed E-state index contributed by atoms with van der Waals surface area (Å²) in [5.74, 6) is 1.66. The highest BCUT2D eigenvalue weighted by Gasteiger charge is 2.33. The first kappa shape index (κ1) is 21.9. The number of nitrogens with one attached hydrogen (secondary N) is 1. The number of hydrogen-bond donors (Lipinski definition) is 1. The second-order valence-corrected chi connectivity index (χ2v) is 11.5. The average molecular weight is 440 g/mol. The van der Waals surface area contributed by atoms with Crippen LogP contribution in [0.3, 0.4) is 0 Å². The molecule has 0 saturated carbocycles. The van der Waals surface area contributed by atoms with Crippen LogP contribution in [0.1, 0.15) is 61.6 Å². The molecule has 1 aliphatic carbocycles. The molecular weight excluding hydrogens is 406 g/mol. The van der Waals surface area contributed by atoms with Gasteiger partial charge in [-0.1, -0.05) is 33.3 Å². The first-order valence-corrected chi connectivity index (χ1v) is 12.6. The van der Waals surface area contributed by atoms with E-state index in [0.717, 1.165) is 59.1 Å². The molecule has 0 radical (unpaired) electrons. The maximum Gasteiger partial charge on any atom is 0.262 e. The van der Waals surface area contributed by atoms with E-state index >= 15 is 0 Å². The first-order chi connectivity index (χ1) is 14.5. The van der Waals surface area contributed by atoms with Crippen LogP contribution in [0.15, 0.2) is 39.6 Å². The minimum absolute atomic E-state index is 0.279. The Bertz CT molecular complexity index is 1250. The second kappa shape index (κ2) is 7.70. The molecule has 0 bridgehead atoms. The van der Waals surface area contributed by atoms with Gasteiger partial charge < -0.3 is 4.42 Å². The fourth-order valence-electron chi connectivity index (χ4n) is 4.73. The summed E-state index contributed by atoms with van der Waals surface area (Å²) in [4.78, 5) is 0.328. The summed E-state index contributed by atoms with van der Waals surface area (Å²) in [5.41, 5.74) is 5.75. The van der Waals surface area contributed by atoms with Gasteiger partial charge in [-0.2, -0.15) is 0 Å². The minimum atomic E-state index is -3.67. The Balaban J connectivity index is 1.69. The van der Waals surface area contributed by atoms with Crippen molar-refractivity contribution < 1.29 is 12.8 Å². The van der Waals surface area contributed by atoms with Gasteiger partial charge in [0.25, 0.3) is 10.0 Å². The second-order valence-electron chi connectivity index (χ2n) is 9.80. The molecule has 31 heavy (non-hydrogen) atoms. The molecule has 0 amide bonds. The van der Waals surface area contributed by atoms with Crippen molar-refractivity contribution >= 4 is 26.7 Å². The van der Waals surface area contributed by atoms with Crippen molar-refractivity contribution in [3.63, 3.8) is 0 Å². The Morgan fingerprint density at radius 1 is 1.06 bits per heavy atom. The van der Waals surface area contributed by atoms with Crippen LogP contribution in [0.25, 0.3) is 11.0 Å². The van der Waals surface area contributed by atoms with Crippen LogP contribution >= 0.6 is 0 Å². The Hall–Kier alpha value is -2.27. The molecule has 1 aromatic heterocycles. The van der Waals surface area contributed by atoms with Gasteiger partial charge in [-0.25, -0.2) is 8.42 Å². The normalized spacial score (nSPS) is 17.0. The van der Waals surface area contributed by atoms with Gasteiger partial charge in [-0.15, -0.1) is 0 Å². The fraction of sp³-hybridized carbons (Fsp3) is 0.462. The Kier molecular flexibility index (Phi) is 5.45. The molecule has 3 aromatic rings. The Morgan fingerprint density at radius 3 is 2.48 bits per heavy atom. The van der Waals surface area contributed by atoms with Gasteiger partial charge >= 0.3 is 0 Å². The van der Waals surface area contributed by atoms with Crippen LogP contribution in [0.4, 0.5) is 5.69 Å². The van der Waals surface area contributed by atoms with Crippen molar-refractivity contribution in [3.8, 4) is 0 Å². The molecule has 1 unspecified atom stereocenters. The number of anilines is 1. The zero-order chi connectivity index (χ0) is 22.6. The molecule has 1 atom stereocenters. The SMILES string of the molecule is CCC(C)(C)C1CCc2oc3ccc(NS(=O)(=O)c4cc(C)c(C)cc4C)cc3c2C1. The van der Waals surface area contributed by atoms with E-state index in [1.54, 1.807) is 12.1 Å². The summed E-state index contributed by atoms with van der Waals surface area (Å²) in [5, 5.41) is 1.03. The number of fused-ring (bicyclic) bond motifs is 3. The van der Waals surface area contributed by atoms with Gasteiger partial charge in [0.2, 0.25) is 0 Å². The van der Waals surface area contributed by atoms with Crippen LogP contribution in [0.2, 0.25) is 0 Å². The topological polar surface area (TPSA) is 59.3 Å². The predicted molar refractivity (Wildman–Crippen MR) is 127 cm³/mol. The largest absolute Gasteiger partial charge is 0.461 e. The first-order valence-electron chi connectivity index (χ1n) is 11.2. The third kappa shape index (κ3) is 4.00. The summed E-state index contributed by atoms with van der Waals surface area (Å²) in [7, 11) is -3.67. The lowest BCUT2D eigenvalue weighted by Crippen LogP contribution is -2.28. The van der Waals surface area contributed by atoms with Crippen LogP contribution < -0.4 is 4.72 Å². The highest BCUT2D eigenvalue weighted by atomic mass is 32.2. The number of sulfonamides is 1. The molecule has 4 rings (SSSR count). The molecule has 1 aliphatic rings. The zero-order valence-electron chi connectivity index (χ0n) is 19.4. The molecule has 0 spiro atoms. The minimum Gasteiger partial charge on any atom is -0.461 e. The molecule has 1 heterocycles. The molecule has 0 aliphatic heterocycles. The highest BCUT2D eigenvalue weighted by molar-refractivity contribution is 7.92. The molecule has 1 N–H and O–H groups in total. The van der Waals surface area contributed by atoms with E-state index in [4.69, 9.17) is 4.42 Å². The van der Waals surface area contributed by atoms with Crippen LogP contribution in [-0.4, -0.2) is 8.42 Å². The molecule has 166 valence electrons. The van der Waals surface area contributed by atoms with E-state index in [9.17, 15) is 8.42 Å². The number of aryl methyl sites for hydroxylation is 4. The molecule has 0 saturated heterocycles. The van der Waals surface area contributed by atoms with Gasteiger partial charge in [0.15, 0.2) is 0 Å². The fourth-order valence-corrected chi connectivity index (χ4v) is 6.09. The third-order valence-electron chi connectivity index (χ3n) is 7.39. The highest BCUT2D eigenvalue weighted by Crippen LogP contribution is 2.43. The molecule has 0 fully saturated rings. The van der Waals surface area contributed by atoms with Crippen molar-refractivity contribution in [2.75, 3.05) is 4.72 Å². The van der Waals surface area contributed by atoms with Gasteiger partial charge in [-0.3, -0.25) is 4.72 Å². The summed E-state index contributed by atoms with van der Waals surface area (Å²) < 4.78 is 35.2. The number of furan rings is 1. The smallest absolute Gasteiger partial charge is 0.262 e. The summed E-state index contributed by atoms with van der Waals surface area (Å²) in [6, 6.07) is 9.29. The van der Waals surface area contributed by atoms with Gasteiger partial charge in [-0.05, 0) is 85.9 Å². The third-order valence-corrected chi connectivity index (χ3v) is 8.92. The van der Waals surface area contributed by atoms with E-state index in [-0.39, 0.29) is 5.41 Å². The summed E-state index contributed by atoms with van der Waals surface area (Å²) >= 11 is 0. The number of rotatable bonds is 5.